The molecular weight excluding hydrogens is 366 g/mol. The standard InChI is InChI=1S/C23H25N3O3/c1-15(2)20(23-25-21(26-29-23)17-11-12-17)24-22(27)18-9-6-10-19(13-18)28-14-16-7-4-3-5-8-16/h3-10,13,15,17,20H,11-12,14H2,1-2H3,(H,24,27). The highest BCUT2D eigenvalue weighted by atomic mass is 16.5. The van der Waals surface area contributed by atoms with Crippen LogP contribution in [-0.2, 0) is 6.61 Å². The van der Waals surface area contributed by atoms with Crippen LogP contribution in [0.3, 0.4) is 0 Å². The number of amides is 1. The van der Waals surface area contributed by atoms with Crippen LogP contribution in [0.25, 0.3) is 0 Å². The smallest absolute Gasteiger partial charge is 0.252 e. The molecule has 1 fully saturated rings. The first-order valence-corrected chi connectivity index (χ1v) is 10.0. The molecule has 0 spiro atoms. The number of nitrogens with zero attached hydrogens (tertiary/aromatic N) is 2. The molecule has 0 radical (unpaired) electrons. The van der Waals surface area contributed by atoms with Crippen LogP contribution in [0.2, 0.25) is 0 Å². The summed E-state index contributed by atoms with van der Waals surface area (Å²) < 4.78 is 11.3. The first kappa shape index (κ1) is 19.2. The van der Waals surface area contributed by atoms with E-state index in [1.165, 1.54) is 0 Å². The van der Waals surface area contributed by atoms with E-state index >= 15 is 0 Å². The van der Waals surface area contributed by atoms with Crippen molar-refractivity contribution in [2.75, 3.05) is 0 Å². The second-order valence-electron chi connectivity index (χ2n) is 7.76. The minimum absolute atomic E-state index is 0.115. The molecule has 6 nitrogen and oxygen atoms in total. The van der Waals surface area contributed by atoms with E-state index in [0.29, 0.717) is 29.7 Å². The van der Waals surface area contributed by atoms with Crippen LogP contribution in [0.15, 0.2) is 59.1 Å². The molecule has 1 amide bonds. The topological polar surface area (TPSA) is 77.2 Å². The number of ether oxygens (including phenoxy) is 1. The normalized spacial score (nSPS) is 14.6. The lowest BCUT2D eigenvalue weighted by atomic mass is 10.0. The van der Waals surface area contributed by atoms with Crippen LogP contribution in [0.4, 0.5) is 0 Å². The number of benzene rings is 2. The summed E-state index contributed by atoms with van der Waals surface area (Å²) in [5.74, 6) is 2.19. The van der Waals surface area contributed by atoms with E-state index in [0.717, 1.165) is 24.2 Å². The van der Waals surface area contributed by atoms with Crippen molar-refractivity contribution in [3.63, 3.8) is 0 Å². The van der Waals surface area contributed by atoms with Crippen molar-refractivity contribution in [3.05, 3.63) is 77.4 Å². The summed E-state index contributed by atoms with van der Waals surface area (Å²) in [5, 5.41) is 7.10. The highest BCUT2D eigenvalue weighted by Crippen LogP contribution is 2.38. The fraction of sp³-hybridized carbons (Fsp3) is 0.348. The zero-order valence-electron chi connectivity index (χ0n) is 16.7. The van der Waals surface area contributed by atoms with Gasteiger partial charge in [0.05, 0.1) is 0 Å². The Hall–Kier alpha value is -3.15. The van der Waals surface area contributed by atoms with Crippen molar-refractivity contribution >= 4 is 5.91 Å². The van der Waals surface area contributed by atoms with Crippen LogP contribution in [0.5, 0.6) is 5.75 Å². The summed E-state index contributed by atoms with van der Waals surface area (Å²) in [6.45, 7) is 4.49. The minimum Gasteiger partial charge on any atom is -0.489 e. The lowest BCUT2D eigenvalue weighted by Crippen LogP contribution is -2.32. The fourth-order valence-corrected chi connectivity index (χ4v) is 3.09. The molecular formula is C23H25N3O3. The highest BCUT2D eigenvalue weighted by Gasteiger charge is 2.31. The zero-order valence-corrected chi connectivity index (χ0v) is 16.7. The number of hydrogen-bond donors (Lipinski definition) is 1. The Kier molecular flexibility index (Phi) is 5.60. The van der Waals surface area contributed by atoms with Gasteiger partial charge in [-0.05, 0) is 42.5 Å². The van der Waals surface area contributed by atoms with Crippen molar-refractivity contribution in [2.45, 2.75) is 45.3 Å². The van der Waals surface area contributed by atoms with Gasteiger partial charge in [0.2, 0.25) is 5.89 Å². The molecule has 0 saturated heterocycles. The molecule has 1 aliphatic rings. The lowest BCUT2D eigenvalue weighted by Gasteiger charge is -2.18. The number of nitrogens with one attached hydrogen (secondary N) is 1. The predicted octanol–water partition coefficient (Wildman–Crippen LogP) is 4.65. The van der Waals surface area contributed by atoms with Gasteiger partial charge in [-0.15, -0.1) is 0 Å². The molecule has 0 aliphatic heterocycles. The number of carbonyl (C=O) groups is 1. The van der Waals surface area contributed by atoms with E-state index in [-0.39, 0.29) is 17.9 Å². The molecule has 1 N–H and O–H groups in total. The molecule has 1 saturated carbocycles. The molecule has 1 atom stereocenters. The number of carbonyl (C=O) groups excluding carboxylic acids is 1. The molecule has 1 unspecified atom stereocenters. The maximum Gasteiger partial charge on any atom is 0.252 e. The van der Waals surface area contributed by atoms with Crippen LogP contribution >= 0.6 is 0 Å². The molecule has 6 heteroatoms. The maximum atomic E-state index is 12.9. The Labute approximate surface area is 170 Å². The van der Waals surface area contributed by atoms with E-state index in [1.54, 1.807) is 12.1 Å². The monoisotopic (exact) mass is 391 g/mol. The van der Waals surface area contributed by atoms with Crippen molar-refractivity contribution < 1.29 is 14.1 Å². The second-order valence-corrected chi connectivity index (χ2v) is 7.76. The van der Waals surface area contributed by atoms with E-state index in [2.05, 4.69) is 15.5 Å². The van der Waals surface area contributed by atoms with Crippen molar-refractivity contribution in [2.24, 2.45) is 5.92 Å². The van der Waals surface area contributed by atoms with Crippen molar-refractivity contribution in [1.82, 2.24) is 15.5 Å². The number of rotatable bonds is 8. The number of hydrogen-bond acceptors (Lipinski definition) is 5. The Balaban J connectivity index is 1.43. The summed E-state index contributed by atoms with van der Waals surface area (Å²) >= 11 is 0. The largest absolute Gasteiger partial charge is 0.489 e. The van der Waals surface area contributed by atoms with Gasteiger partial charge < -0.3 is 14.6 Å². The van der Waals surface area contributed by atoms with Crippen LogP contribution in [0, 0.1) is 5.92 Å². The maximum absolute atomic E-state index is 12.9. The molecule has 1 aliphatic carbocycles. The minimum atomic E-state index is -0.337. The molecule has 1 heterocycles. The van der Waals surface area contributed by atoms with Gasteiger partial charge in [-0.3, -0.25) is 4.79 Å². The predicted molar refractivity (Wildman–Crippen MR) is 109 cm³/mol. The summed E-state index contributed by atoms with van der Waals surface area (Å²) in [6, 6.07) is 16.8. The second kappa shape index (κ2) is 8.47. The molecule has 1 aromatic heterocycles. The van der Waals surface area contributed by atoms with Crippen molar-refractivity contribution in [3.8, 4) is 5.75 Å². The molecule has 150 valence electrons. The third-order valence-corrected chi connectivity index (χ3v) is 4.96. The SMILES string of the molecule is CC(C)C(NC(=O)c1cccc(OCc2ccccc2)c1)c1nc(C2CC2)no1. The van der Waals surface area contributed by atoms with Gasteiger partial charge in [0, 0.05) is 11.5 Å². The van der Waals surface area contributed by atoms with Gasteiger partial charge in [-0.1, -0.05) is 55.4 Å². The lowest BCUT2D eigenvalue weighted by molar-refractivity contribution is 0.0913. The molecule has 4 rings (SSSR count). The summed E-state index contributed by atoms with van der Waals surface area (Å²) in [6.07, 6.45) is 2.21. The first-order chi connectivity index (χ1) is 14.1. The molecule has 0 bridgehead atoms. The molecule has 2 aromatic carbocycles. The summed E-state index contributed by atoms with van der Waals surface area (Å²) in [4.78, 5) is 17.4. The van der Waals surface area contributed by atoms with Gasteiger partial charge in [0.15, 0.2) is 5.82 Å². The molecule has 29 heavy (non-hydrogen) atoms. The Morgan fingerprint density at radius 1 is 1.17 bits per heavy atom. The van der Waals surface area contributed by atoms with Gasteiger partial charge >= 0.3 is 0 Å². The van der Waals surface area contributed by atoms with Crippen LogP contribution in [0.1, 0.15) is 66.3 Å². The van der Waals surface area contributed by atoms with E-state index < -0.39 is 0 Å². The number of aromatic nitrogens is 2. The highest BCUT2D eigenvalue weighted by molar-refractivity contribution is 5.94. The van der Waals surface area contributed by atoms with E-state index in [1.807, 2.05) is 56.3 Å². The van der Waals surface area contributed by atoms with Crippen LogP contribution < -0.4 is 10.1 Å². The molecule has 3 aromatic rings. The summed E-state index contributed by atoms with van der Waals surface area (Å²) in [5.41, 5.74) is 1.60. The first-order valence-electron chi connectivity index (χ1n) is 10.0. The average molecular weight is 391 g/mol. The zero-order chi connectivity index (χ0) is 20.2. The Morgan fingerprint density at radius 3 is 2.69 bits per heavy atom. The third kappa shape index (κ3) is 4.83. The average Bonchev–Trinajstić information content (AvgIpc) is 3.48. The third-order valence-electron chi connectivity index (χ3n) is 4.96. The Morgan fingerprint density at radius 2 is 1.97 bits per heavy atom. The van der Waals surface area contributed by atoms with Crippen molar-refractivity contribution in [1.29, 1.82) is 0 Å². The summed E-state index contributed by atoms with van der Waals surface area (Å²) in [7, 11) is 0. The van der Waals surface area contributed by atoms with Gasteiger partial charge in [-0.2, -0.15) is 4.98 Å². The van der Waals surface area contributed by atoms with E-state index in [9.17, 15) is 4.79 Å². The van der Waals surface area contributed by atoms with Gasteiger partial charge in [-0.25, -0.2) is 0 Å². The van der Waals surface area contributed by atoms with Crippen LogP contribution in [-0.4, -0.2) is 16.0 Å². The van der Waals surface area contributed by atoms with Gasteiger partial charge in [0.25, 0.3) is 5.91 Å². The van der Waals surface area contributed by atoms with E-state index in [4.69, 9.17) is 9.26 Å². The quantitative estimate of drug-likeness (QED) is 0.605. The Bertz CT molecular complexity index is 964. The van der Waals surface area contributed by atoms with Gasteiger partial charge in [0.1, 0.15) is 18.4 Å². The fourth-order valence-electron chi connectivity index (χ4n) is 3.09.